The molecule has 0 aliphatic carbocycles. The minimum Gasteiger partial charge on any atom is -0.489 e. The molecule has 0 saturated carbocycles. The number of hydrogen-bond acceptors (Lipinski definition) is 5. The van der Waals surface area contributed by atoms with Crippen LogP contribution < -0.4 is 19.1 Å². The predicted molar refractivity (Wildman–Crippen MR) is 130 cm³/mol. The van der Waals surface area contributed by atoms with Crippen LogP contribution in [0.4, 0.5) is 5.69 Å². The van der Waals surface area contributed by atoms with Gasteiger partial charge in [-0.1, -0.05) is 36.4 Å². The molecule has 1 amide bonds. The van der Waals surface area contributed by atoms with E-state index in [4.69, 9.17) is 19.5 Å². The lowest BCUT2D eigenvalue weighted by Crippen LogP contribution is -2.33. The summed E-state index contributed by atoms with van der Waals surface area (Å²) in [4.78, 5) is 14.2. The number of hydrogen-bond donors (Lipinski definition) is 0. The average Bonchev–Trinajstić information content (AvgIpc) is 3.01. The molecule has 1 heterocycles. The van der Waals surface area contributed by atoms with Crippen molar-refractivity contribution < 1.29 is 19.0 Å². The molecule has 0 unspecified atom stereocenters. The summed E-state index contributed by atoms with van der Waals surface area (Å²) in [6.07, 6.45) is 0. The standard InChI is InChI=1S/C28H28N2O4/c1-19-7-5-9-21(26(19)32-14-13-29)18-34-22-10-6-8-20(15-22)17-33-23-11-12-24-25(16-23)30(4)27(31)28(24,2)3/h5-12,15-16H,14,17-18H2,1-4H3. The number of fused-ring (bicyclic) bond motifs is 1. The second-order valence-electron chi connectivity index (χ2n) is 8.90. The van der Waals surface area contributed by atoms with Gasteiger partial charge in [0.1, 0.15) is 36.5 Å². The maximum Gasteiger partial charge on any atom is 0.236 e. The molecule has 34 heavy (non-hydrogen) atoms. The molecule has 0 radical (unpaired) electrons. The van der Waals surface area contributed by atoms with E-state index in [9.17, 15) is 4.79 Å². The summed E-state index contributed by atoms with van der Waals surface area (Å²) >= 11 is 0. The molecular formula is C28H28N2O4. The van der Waals surface area contributed by atoms with E-state index in [2.05, 4.69) is 0 Å². The molecule has 6 heteroatoms. The maximum atomic E-state index is 12.5. The van der Waals surface area contributed by atoms with Crippen molar-refractivity contribution in [3.63, 3.8) is 0 Å². The van der Waals surface area contributed by atoms with Crippen LogP contribution in [0.2, 0.25) is 0 Å². The van der Waals surface area contributed by atoms with Crippen molar-refractivity contribution in [2.24, 2.45) is 0 Å². The van der Waals surface area contributed by atoms with Gasteiger partial charge in [0.05, 0.1) is 11.1 Å². The number of nitrogens with zero attached hydrogens (tertiary/aromatic N) is 2. The quantitative estimate of drug-likeness (QED) is 0.459. The van der Waals surface area contributed by atoms with Gasteiger partial charge in [-0.15, -0.1) is 0 Å². The number of carbonyl (C=O) groups excluding carboxylic acids is 1. The van der Waals surface area contributed by atoms with E-state index in [-0.39, 0.29) is 12.5 Å². The lowest BCUT2D eigenvalue weighted by molar-refractivity contribution is -0.121. The normalized spacial score (nSPS) is 13.9. The monoisotopic (exact) mass is 456 g/mol. The smallest absolute Gasteiger partial charge is 0.236 e. The number of amides is 1. The van der Waals surface area contributed by atoms with E-state index in [0.717, 1.165) is 33.7 Å². The Morgan fingerprint density at radius 3 is 2.47 bits per heavy atom. The first-order chi connectivity index (χ1) is 16.3. The molecule has 1 aliphatic heterocycles. The van der Waals surface area contributed by atoms with E-state index < -0.39 is 5.41 Å². The number of ether oxygens (including phenoxy) is 3. The highest BCUT2D eigenvalue weighted by atomic mass is 16.5. The Hall–Kier alpha value is -3.98. The molecule has 1 aliphatic rings. The maximum absolute atomic E-state index is 12.5. The molecule has 0 N–H and O–H groups in total. The molecule has 0 bridgehead atoms. The van der Waals surface area contributed by atoms with Gasteiger partial charge in [0.25, 0.3) is 0 Å². The number of likely N-dealkylation sites (N-methyl/N-ethyl adjacent to an activating group) is 1. The first-order valence-corrected chi connectivity index (χ1v) is 11.2. The highest BCUT2D eigenvalue weighted by Crippen LogP contribution is 2.42. The number of aryl methyl sites for hydroxylation is 1. The van der Waals surface area contributed by atoms with Crippen molar-refractivity contribution in [2.75, 3.05) is 18.6 Å². The van der Waals surface area contributed by atoms with Crippen LogP contribution >= 0.6 is 0 Å². The summed E-state index contributed by atoms with van der Waals surface area (Å²) in [7, 11) is 1.80. The lowest BCUT2D eigenvalue weighted by atomic mass is 9.86. The summed E-state index contributed by atoms with van der Waals surface area (Å²) in [5.41, 5.74) is 4.19. The molecule has 0 atom stereocenters. The Balaban J connectivity index is 1.42. The van der Waals surface area contributed by atoms with Crippen LogP contribution in [0.3, 0.4) is 0 Å². The zero-order valence-corrected chi connectivity index (χ0v) is 19.9. The zero-order chi connectivity index (χ0) is 24.3. The van der Waals surface area contributed by atoms with Crippen LogP contribution in [0.1, 0.15) is 36.1 Å². The molecule has 0 spiro atoms. The second-order valence-corrected chi connectivity index (χ2v) is 8.90. The van der Waals surface area contributed by atoms with Gasteiger partial charge in [-0.2, -0.15) is 5.26 Å². The number of anilines is 1. The summed E-state index contributed by atoms with van der Waals surface area (Å²) in [6, 6.07) is 21.4. The first-order valence-electron chi connectivity index (χ1n) is 11.2. The van der Waals surface area contributed by atoms with E-state index in [1.807, 2.05) is 87.5 Å². The minimum absolute atomic E-state index is 0.00514. The molecule has 3 aromatic carbocycles. The van der Waals surface area contributed by atoms with Crippen LogP contribution in [-0.4, -0.2) is 19.6 Å². The van der Waals surface area contributed by atoms with Crippen molar-refractivity contribution in [1.82, 2.24) is 0 Å². The third-order valence-electron chi connectivity index (χ3n) is 6.12. The fourth-order valence-electron chi connectivity index (χ4n) is 4.24. The fraction of sp³-hybridized carbons (Fsp3) is 0.286. The number of benzene rings is 3. The van der Waals surface area contributed by atoms with Crippen LogP contribution in [0.15, 0.2) is 60.7 Å². The Kier molecular flexibility index (Phi) is 6.47. The van der Waals surface area contributed by atoms with Gasteiger partial charge in [-0.3, -0.25) is 4.79 Å². The van der Waals surface area contributed by atoms with E-state index >= 15 is 0 Å². The number of rotatable bonds is 8. The summed E-state index contributed by atoms with van der Waals surface area (Å²) < 4.78 is 17.6. The zero-order valence-electron chi connectivity index (χ0n) is 19.9. The first kappa shape index (κ1) is 23.2. The van der Waals surface area contributed by atoms with Crippen LogP contribution in [0, 0.1) is 18.3 Å². The number of carbonyl (C=O) groups is 1. The molecule has 174 valence electrons. The van der Waals surface area contributed by atoms with Crippen molar-refractivity contribution in [3.05, 3.63) is 82.9 Å². The van der Waals surface area contributed by atoms with Gasteiger partial charge in [0.15, 0.2) is 6.61 Å². The van der Waals surface area contributed by atoms with Gasteiger partial charge < -0.3 is 19.1 Å². The number of para-hydroxylation sites is 1. The highest BCUT2D eigenvalue weighted by molar-refractivity contribution is 6.07. The van der Waals surface area contributed by atoms with Gasteiger partial charge in [0, 0.05) is 18.7 Å². The molecule has 0 saturated heterocycles. The average molecular weight is 457 g/mol. The Labute approximate surface area is 200 Å². The third-order valence-corrected chi connectivity index (χ3v) is 6.12. The van der Waals surface area contributed by atoms with E-state index in [0.29, 0.717) is 24.7 Å². The largest absolute Gasteiger partial charge is 0.489 e. The Morgan fingerprint density at radius 2 is 1.68 bits per heavy atom. The fourth-order valence-corrected chi connectivity index (χ4v) is 4.24. The summed E-state index contributed by atoms with van der Waals surface area (Å²) in [5.74, 6) is 2.20. The Bertz CT molecular complexity index is 1260. The molecule has 6 nitrogen and oxygen atoms in total. The lowest BCUT2D eigenvalue weighted by Gasteiger charge is -2.16. The minimum atomic E-state index is -0.523. The van der Waals surface area contributed by atoms with Crippen molar-refractivity contribution in [2.45, 2.75) is 39.4 Å². The Morgan fingerprint density at radius 1 is 0.941 bits per heavy atom. The SMILES string of the molecule is Cc1cccc(COc2cccc(COc3ccc4c(c3)N(C)C(=O)C4(C)C)c2)c1OCC#N. The van der Waals surface area contributed by atoms with Gasteiger partial charge in [-0.25, -0.2) is 0 Å². The summed E-state index contributed by atoms with van der Waals surface area (Å²) in [5, 5.41) is 8.84. The number of nitriles is 1. The topological polar surface area (TPSA) is 71.8 Å². The molecule has 0 aromatic heterocycles. The third kappa shape index (κ3) is 4.55. The molecule has 4 rings (SSSR count). The van der Waals surface area contributed by atoms with Crippen molar-refractivity contribution >= 4 is 11.6 Å². The highest BCUT2D eigenvalue weighted by Gasteiger charge is 2.42. The van der Waals surface area contributed by atoms with Crippen molar-refractivity contribution in [3.8, 4) is 23.3 Å². The molecular weight excluding hydrogens is 428 g/mol. The van der Waals surface area contributed by atoms with Gasteiger partial charge >= 0.3 is 0 Å². The van der Waals surface area contributed by atoms with E-state index in [1.54, 1.807) is 11.9 Å². The van der Waals surface area contributed by atoms with Crippen LogP contribution in [0.5, 0.6) is 17.2 Å². The van der Waals surface area contributed by atoms with E-state index in [1.165, 1.54) is 0 Å². The summed E-state index contributed by atoms with van der Waals surface area (Å²) in [6.45, 7) is 6.53. The second kappa shape index (κ2) is 9.48. The van der Waals surface area contributed by atoms with Gasteiger partial charge in [-0.05, 0) is 55.7 Å². The predicted octanol–water partition coefficient (Wildman–Crippen LogP) is 5.31. The van der Waals surface area contributed by atoms with Crippen molar-refractivity contribution in [1.29, 1.82) is 5.26 Å². The molecule has 3 aromatic rings. The van der Waals surface area contributed by atoms with Gasteiger partial charge in [0.2, 0.25) is 5.91 Å². The van der Waals surface area contributed by atoms with Crippen LogP contribution in [-0.2, 0) is 23.4 Å². The molecule has 0 fully saturated rings. The van der Waals surface area contributed by atoms with Crippen LogP contribution in [0.25, 0.3) is 0 Å².